The van der Waals surface area contributed by atoms with E-state index in [1.807, 2.05) is 13.8 Å². The standard InChI is InChI=1S/C20H18ClIN4O4/c1-12-7-16(3-4-18(12)21)30-17-9-14(8-15(10-17)26(28)29)24-20(27)5-6-25-13(2)19(22)11-23-25/h3-4,7-11H,5-6H2,1-2H3,(H,24,27). The maximum Gasteiger partial charge on any atom is 0.275 e. The molecule has 10 heteroatoms. The van der Waals surface area contributed by atoms with Gasteiger partial charge >= 0.3 is 0 Å². The van der Waals surface area contributed by atoms with E-state index >= 15 is 0 Å². The van der Waals surface area contributed by atoms with Crippen molar-refractivity contribution in [1.82, 2.24) is 9.78 Å². The first-order valence-corrected chi connectivity index (χ1v) is 10.4. The van der Waals surface area contributed by atoms with Gasteiger partial charge in [-0.05, 0) is 60.2 Å². The van der Waals surface area contributed by atoms with Gasteiger partial charge in [-0.1, -0.05) is 11.6 Å². The lowest BCUT2D eigenvalue weighted by molar-refractivity contribution is -0.384. The molecule has 8 nitrogen and oxygen atoms in total. The molecule has 156 valence electrons. The number of benzene rings is 2. The quantitative estimate of drug-likeness (QED) is 0.243. The summed E-state index contributed by atoms with van der Waals surface area (Å²) in [6.07, 6.45) is 1.91. The van der Waals surface area contributed by atoms with Gasteiger partial charge in [0, 0.05) is 29.3 Å². The first-order valence-electron chi connectivity index (χ1n) is 8.94. The van der Waals surface area contributed by atoms with Gasteiger partial charge in [-0.25, -0.2) is 0 Å². The second kappa shape index (κ2) is 9.43. The molecule has 1 N–H and O–H groups in total. The molecule has 0 aliphatic carbocycles. The van der Waals surface area contributed by atoms with E-state index in [2.05, 4.69) is 33.0 Å². The number of amides is 1. The smallest absolute Gasteiger partial charge is 0.275 e. The van der Waals surface area contributed by atoms with Crippen LogP contribution in [0.3, 0.4) is 0 Å². The summed E-state index contributed by atoms with van der Waals surface area (Å²) in [5, 5.41) is 18.8. The van der Waals surface area contributed by atoms with Crippen molar-refractivity contribution >= 4 is 51.5 Å². The number of carbonyl (C=O) groups is 1. The molecule has 0 saturated heterocycles. The molecule has 1 heterocycles. The van der Waals surface area contributed by atoms with Gasteiger partial charge < -0.3 is 10.1 Å². The van der Waals surface area contributed by atoms with E-state index in [1.54, 1.807) is 29.1 Å². The number of nitro groups is 1. The van der Waals surface area contributed by atoms with Gasteiger partial charge in [0.15, 0.2) is 0 Å². The van der Waals surface area contributed by atoms with Crippen LogP contribution in [0.15, 0.2) is 42.6 Å². The number of ether oxygens (including phenoxy) is 1. The molecule has 0 radical (unpaired) electrons. The van der Waals surface area contributed by atoms with E-state index in [0.29, 0.717) is 17.3 Å². The summed E-state index contributed by atoms with van der Waals surface area (Å²) in [4.78, 5) is 23.1. The Balaban J connectivity index is 1.74. The molecule has 30 heavy (non-hydrogen) atoms. The lowest BCUT2D eigenvalue weighted by atomic mass is 10.2. The van der Waals surface area contributed by atoms with Gasteiger partial charge in [-0.2, -0.15) is 5.10 Å². The highest BCUT2D eigenvalue weighted by Gasteiger charge is 2.14. The largest absolute Gasteiger partial charge is 0.457 e. The Morgan fingerprint density at radius 1 is 1.27 bits per heavy atom. The van der Waals surface area contributed by atoms with Crippen LogP contribution in [0.5, 0.6) is 11.5 Å². The maximum atomic E-state index is 12.4. The number of hydrogen-bond donors (Lipinski definition) is 1. The molecule has 0 atom stereocenters. The van der Waals surface area contributed by atoms with Crippen LogP contribution in [0.25, 0.3) is 0 Å². The molecule has 0 unspecified atom stereocenters. The Bertz CT molecular complexity index is 1120. The van der Waals surface area contributed by atoms with E-state index < -0.39 is 4.92 Å². The van der Waals surface area contributed by atoms with Gasteiger partial charge in [0.25, 0.3) is 5.69 Å². The second-order valence-electron chi connectivity index (χ2n) is 6.58. The van der Waals surface area contributed by atoms with Crippen LogP contribution in [0.1, 0.15) is 17.7 Å². The number of carbonyl (C=O) groups excluding carboxylic acids is 1. The third-order valence-electron chi connectivity index (χ3n) is 4.34. The van der Waals surface area contributed by atoms with E-state index in [-0.39, 0.29) is 29.5 Å². The molecule has 3 aromatic rings. The summed E-state index contributed by atoms with van der Waals surface area (Å²) in [6.45, 7) is 4.16. The average Bonchev–Trinajstić information content (AvgIpc) is 3.01. The SMILES string of the molecule is Cc1cc(Oc2cc(NC(=O)CCn3ncc(I)c3C)cc([N+](=O)[O-])c2)ccc1Cl. The number of nitrogens with zero attached hydrogens (tertiary/aromatic N) is 3. The van der Waals surface area contributed by atoms with Crippen LogP contribution in [0, 0.1) is 27.5 Å². The number of aromatic nitrogens is 2. The molecule has 0 saturated carbocycles. The summed E-state index contributed by atoms with van der Waals surface area (Å²) < 4.78 is 8.51. The van der Waals surface area contributed by atoms with Crippen LogP contribution in [0.4, 0.5) is 11.4 Å². The highest BCUT2D eigenvalue weighted by molar-refractivity contribution is 14.1. The number of aryl methyl sites for hydroxylation is 2. The van der Waals surface area contributed by atoms with Gasteiger partial charge in [-0.3, -0.25) is 19.6 Å². The van der Waals surface area contributed by atoms with Crippen molar-refractivity contribution in [1.29, 1.82) is 0 Å². The molecule has 0 spiro atoms. The Kier molecular flexibility index (Phi) is 6.93. The minimum atomic E-state index is -0.537. The van der Waals surface area contributed by atoms with Gasteiger partial charge in [0.05, 0.1) is 33.0 Å². The first kappa shape index (κ1) is 22.0. The van der Waals surface area contributed by atoms with E-state index in [0.717, 1.165) is 14.8 Å². The van der Waals surface area contributed by atoms with Crippen molar-refractivity contribution in [3.05, 3.63) is 72.6 Å². The predicted octanol–water partition coefficient (Wildman–Crippen LogP) is 5.49. The predicted molar refractivity (Wildman–Crippen MR) is 122 cm³/mol. The van der Waals surface area contributed by atoms with Crippen LogP contribution in [-0.4, -0.2) is 20.6 Å². The number of halogens is 2. The van der Waals surface area contributed by atoms with Crippen molar-refractivity contribution in [2.45, 2.75) is 26.8 Å². The molecule has 3 rings (SSSR count). The molecule has 0 bridgehead atoms. The fourth-order valence-electron chi connectivity index (χ4n) is 2.72. The molecular weight excluding hydrogens is 523 g/mol. The highest BCUT2D eigenvalue weighted by Crippen LogP contribution is 2.31. The number of rotatable bonds is 7. The Morgan fingerprint density at radius 2 is 2.03 bits per heavy atom. The molecular formula is C20H18ClIN4O4. The minimum absolute atomic E-state index is 0.174. The zero-order chi connectivity index (χ0) is 21.8. The number of nitro benzene ring substituents is 1. The van der Waals surface area contributed by atoms with Crippen molar-refractivity contribution in [2.75, 3.05) is 5.32 Å². The molecule has 0 fully saturated rings. The van der Waals surface area contributed by atoms with E-state index in [9.17, 15) is 14.9 Å². The van der Waals surface area contributed by atoms with Crippen LogP contribution < -0.4 is 10.1 Å². The lowest BCUT2D eigenvalue weighted by Crippen LogP contribution is -2.15. The normalized spacial score (nSPS) is 10.7. The number of nitrogens with one attached hydrogen (secondary N) is 1. The monoisotopic (exact) mass is 540 g/mol. The minimum Gasteiger partial charge on any atom is -0.457 e. The van der Waals surface area contributed by atoms with E-state index in [1.165, 1.54) is 18.2 Å². The van der Waals surface area contributed by atoms with Crippen molar-refractivity contribution in [3.8, 4) is 11.5 Å². The average molecular weight is 541 g/mol. The molecule has 1 amide bonds. The molecule has 0 aliphatic rings. The van der Waals surface area contributed by atoms with Crippen LogP contribution in [-0.2, 0) is 11.3 Å². The highest BCUT2D eigenvalue weighted by atomic mass is 127. The fourth-order valence-corrected chi connectivity index (χ4v) is 3.24. The number of non-ortho nitro benzene ring substituents is 1. The third-order valence-corrected chi connectivity index (χ3v) is 5.83. The molecule has 0 aliphatic heterocycles. The van der Waals surface area contributed by atoms with E-state index in [4.69, 9.17) is 16.3 Å². The van der Waals surface area contributed by atoms with Gasteiger partial charge in [0.1, 0.15) is 11.5 Å². The van der Waals surface area contributed by atoms with Crippen molar-refractivity contribution in [3.63, 3.8) is 0 Å². The van der Waals surface area contributed by atoms with Gasteiger partial charge in [0.2, 0.25) is 5.91 Å². The zero-order valence-electron chi connectivity index (χ0n) is 16.2. The second-order valence-corrected chi connectivity index (χ2v) is 8.15. The summed E-state index contributed by atoms with van der Waals surface area (Å²) in [5.74, 6) is 0.436. The fraction of sp³-hybridized carbons (Fsp3) is 0.200. The maximum absolute atomic E-state index is 12.4. The summed E-state index contributed by atoms with van der Waals surface area (Å²) in [7, 11) is 0. The third kappa shape index (κ3) is 5.48. The number of anilines is 1. The zero-order valence-corrected chi connectivity index (χ0v) is 19.1. The van der Waals surface area contributed by atoms with Crippen LogP contribution in [0.2, 0.25) is 5.02 Å². The topological polar surface area (TPSA) is 99.3 Å². The van der Waals surface area contributed by atoms with Crippen molar-refractivity contribution < 1.29 is 14.5 Å². The first-order chi connectivity index (χ1) is 14.2. The summed E-state index contributed by atoms with van der Waals surface area (Å²) >= 11 is 8.20. The van der Waals surface area contributed by atoms with Gasteiger partial charge in [-0.15, -0.1) is 0 Å². The van der Waals surface area contributed by atoms with Crippen LogP contribution >= 0.6 is 34.2 Å². The Labute approximate surface area is 191 Å². The number of hydrogen-bond acceptors (Lipinski definition) is 5. The molecule has 2 aromatic carbocycles. The molecule has 1 aromatic heterocycles. The lowest BCUT2D eigenvalue weighted by Gasteiger charge is -2.11. The summed E-state index contributed by atoms with van der Waals surface area (Å²) in [5.41, 5.74) is 1.89. The Hall–Kier alpha value is -2.66. The van der Waals surface area contributed by atoms with Crippen molar-refractivity contribution in [2.24, 2.45) is 0 Å². The Morgan fingerprint density at radius 3 is 2.67 bits per heavy atom. The summed E-state index contributed by atoms with van der Waals surface area (Å²) in [6, 6.07) is 9.21.